The van der Waals surface area contributed by atoms with Gasteiger partial charge in [0.1, 0.15) is 11.4 Å². The fourth-order valence-electron chi connectivity index (χ4n) is 4.45. The molecule has 1 unspecified atom stereocenters. The van der Waals surface area contributed by atoms with Gasteiger partial charge in [-0.05, 0) is 55.5 Å². The van der Waals surface area contributed by atoms with Gasteiger partial charge in [0.15, 0.2) is 11.6 Å². The highest BCUT2D eigenvalue weighted by Gasteiger charge is 2.35. The third-order valence-electron chi connectivity index (χ3n) is 6.55. The minimum Gasteiger partial charge on any atom is -0.453 e. The van der Waals surface area contributed by atoms with E-state index in [1.807, 2.05) is 18.0 Å². The molecule has 34 heavy (non-hydrogen) atoms. The molecule has 1 atom stereocenters. The van der Waals surface area contributed by atoms with Crippen LogP contribution in [0.25, 0.3) is 11.0 Å². The number of benzene rings is 1. The number of rotatable bonds is 6. The number of H-pyrrole nitrogens is 1. The normalized spacial score (nSPS) is 17.1. The Morgan fingerprint density at radius 3 is 2.62 bits per heavy atom. The molecule has 3 N–H and O–H groups in total. The summed E-state index contributed by atoms with van der Waals surface area (Å²) in [6.07, 6.45) is 5.59. The molecule has 2 fully saturated rings. The summed E-state index contributed by atoms with van der Waals surface area (Å²) in [5, 5.41) is 0.803. The van der Waals surface area contributed by atoms with Crippen LogP contribution in [0.1, 0.15) is 24.0 Å². The van der Waals surface area contributed by atoms with Gasteiger partial charge in [0, 0.05) is 44.5 Å². The molecule has 2 aliphatic rings. The largest absolute Gasteiger partial charge is 0.453 e. The molecule has 1 aliphatic heterocycles. The maximum atomic E-state index is 14.8. The highest BCUT2D eigenvalue weighted by atomic mass is 19.1. The predicted molar refractivity (Wildman–Crippen MR) is 125 cm³/mol. The molecule has 1 aliphatic carbocycles. The SMILES string of the molecule is Cc1c[nH]c2nccc(Oc3ccc(CC(N)C(=O)N4CCN(C(=O)C5CC5)CC4)cc3F)c12. The number of ether oxygens (including phenoxy) is 1. The molecular formula is C25H28FN5O3. The number of aromatic nitrogens is 2. The second kappa shape index (κ2) is 9.06. The van der Waals surface area contributed by atoms with Crippen molar-refractivity contribution < 1.29 is 18.7 Å². The van der Waals surface area contributed by atoms with E-state index in [1.165, 1.54) is 6.07 Å². The van der Waals surface area contributed by atoms with Crippen molar-refractivity contribution in [3.8, 4) is 11.5 Å². The molecular weight excluding hydrogens is 437 g/mol. The number of hydrogen-bond donors (Lipinski definition) is 2. The third-order valence-corrected chi connectivity index (χ3v) is 6.55. The summed E-state index contributed by atoms with van der Waals surface area (Å²) in [5.41, 5.74) is 8.42. The molecule has 1 aromatic carbocycles. The van der Waals surface area contributed by atoms with Crippen LogP contribution >= 0.6 is 0 Å². The van der Waals surface area contributed by atoms with E-state index in [9.17, 15) is 14.0 Å². The summed E-state index contributed by atoms with van der Waals surface area (Å²) in [4.78, 5) is 35.9. The molecule has 0 radical (unpaired) electrons. The lowest BCUT2D eigenvalue weighted by molar-refractivity contribution is -0.141. The van der Waals surface area contributed by atoms with Crippen molar-refractivity contribution in [3.63, 3.8) is 0 Å². The van der Waals surface area contributed by atoms with Gasteiger partial charge in [-0.3, -0.25) is 9.59 Å². The van der Waals surface area contributed by atoms with Crippen LogP contribution in [0.4, 0.5) is 4.39 Å². The van der Waals surface area contributed by atoms with Crippen LogP contribution in [0.15, 0.2) is 36.7 Å². The summed E-state index contributed by atoms with van der Waals surface area (Å²) < 4.78 is 20.7. The van der Waals surface area contributed by atoms with Crippen molar-refractivity contribution in [2.45, 2.75) is 32.2 Å². The first kappa shape index (κ1) is 22.3. The van der Waals surface area contributed by atoms with Gasteiger partial charge in [-0.15, -0.1) is 0 Å². The number of nitrogens with two attached hydrogens (primary N) is 1. The molecule has 8 nitrogen and oxygen atoms in total. The van der Waals surface area contributed by atoms with Crippen molar-refractivity contribution in [3.05, 3.63) is 53.6 Å². The Morgan fingerprint density at radius 1 is 1.18 bits per heavy atom. The predicted octanol–water partition coefficient (Wildman–Crippen LogP) is 2.75. The van der Waals surface area contributed by atoms with Gasteiger partial charge in [-0.2, -0.15) is 0 Å². The summed E-state index contributed by atoms with van der Waals surface area (Å²) in [5.74, 6) is 0.287. The average Bonchev–Trinajstić information content (AvgIpc) is 3.62. The van der Waals surface area contributed by atoms with Crippen LogP contribution in [-0.2, 0) is 16.0 Å². The second-order valence-corrected chi connectivity index (χ2v) is 9.11. The molecule has 2 aromatic heterocycles. The molecule has 0 spiro atoms. The Kier molecular flexibility index (Phi) is 5.95. The number of amides is 2. The minimum absolute atomic E-state index is 0.0909. The van der Waals surface area contributed by atoms with E-state index in [1.54, 1.807) is 29.3 Å². The molecule has 1 saturated carbocycles. The van der Waals surface area contributed by atoms with Gasteiger partial charge in [0.2, 0.25) is 11.8 Å². The number of nitrogens with zero attached hydrogens (tertiary/aromatic N) is 3. The third kappa shape index (κ3) is 4.48. The number of halogens is 1. The lowest BCUT2D eigenvalue weighted by Crippen LogP contribution is -2.55. The standard InChI is InChI=1S/C25H28FN5O3/c1-15-14-29-23-22(15)21(6-7-28-23)34-20-5-2-16(12-18(20)26)13-19(27)25(33)31-10-8-30(9-11-31)24(32)17-3-4-17/h2,5-7,12,14,17,19H,3-4,8-11,13,27H2,1H3,(H,28,29). The van der Waals surface area contributed by atoms with E-state index < -0.39 is 11.9 Å². The highest BCUT2D eigenvalue weighted by molar-refractivity contribution is 5.86. The number of aromatic amines is 1. The molecule has 9 heteroatoms. The second-order valence-electron chi connectivity index (χ2n) is 9.11. The van der Waals surface area contributed by atoms with Crippen molar-refractivity contribution >= 4 is 22.8 Å². The van der Waals surface area contributed by atoms with Crippen molar-refractivity contribution in [1.29, 1.82) is 0 Å². The first-order chi connectivity index (χ1) is 16.4. The first-order valence-corrected chi connectivity index (χ1v) is 11.6. The lowest BCUT2D eigenvalue weighted by atomic mass is 10.0. The van der Waals surface area contributed by atoms with Gasteiger partial charge >= 0.3 is 0 Å². The Bertz CT molecular complexity index is 1230. The van der Waals surface area contributed by atoms with Gasteiger partial charge in [-0.25, -0.2) is 9.37 Å². The van der Waals surface area contributed by atoms with Crippen molar-refractivity contribution in [2.24, 2.45) is 11.7 Å². The zero-order valence-electron chi connectivity index (χ0n) is 19.1. The number of hydrogen-bond acceptors (Lipinski definition) is 5. The van der Waals surface area contributed by atoms with Gasteiger partial charge in [-0.1, -0.05) is 6.07 Å². The van der Waals surface area contributed by atoms with E-state index >= 15 is 0 Å². The van der Waals surface area contributed by atoms with Gasteiger partial charge in [0.25, 0.3) is 0 Å². The van der Waals surface area contributed by atoms with Crippen molar-refractivity contribution in [1.82, 2.24) is 19.8 Å². The summed E-state index contributed by atoms with van der Waals surface area (Å²) >= 11 is 0. The quantitative estimate of drug-likeness (QED) is 0.583. The van der Waals surface area contributed by atoms with Crippen LogP contribution in [0, 0.1) is 18.7 Å². The zero-order valence-corrected chi connectivity index (χ0v) is 19.1. The highest BCUT2D eigenvalue weighted by Crippen LogP contribution is 2.33. The van der Waals surface area contributed by atoms with E-state index in [4.69, 9.17) is 10.5 Å². The molecule has 0 bridgehead atoms. The van der Waals surface area contributed by atoms with Crippen LogP contribution in [0.3, 0.4) is 0 Å². The molecule has 3 heterocycles. The fourth-order valence-corrected chi connectivity index (χ4v) is 4.45. The Labute approximate surface area is 196 Å². The number of piperazine rings is 1. The Hall–Kier alpha value is -3.46. The van der Waals surface area contributed by atoms with E-state index in [0.29, 0.717) is 43.1 Å². The fraction of sp³-hybridized carbons (Fsp3) is 0.400. The lowest BCUT2D eigenvalue weighted by Gasteiger charge is -2.36. The Balaban J connectivity index is 1.20. The smallest absolute Gasteiger partial charge is 0.239 e. The molecule has 5 rings (SSSR count). The van der Waals surface area contributed by atoms with E-state index in [2.05, 4.69) is 9.97 Å². The van der Waals surface area contributed by atoms with Crippen LogP contribution < -0.4 is 10.5 Å². The number of fused-ring (bicyclic) bond motifs is 1. The number of aryl methyl sites for hydroxylation is 1. The number of pyridine rings is 1. The van der Waals surface area contributed by atoms with Gasteiger partial charge < -0.3 is 25.3 Å². The number of nitrogens with one attached hydrogen (secondary N) is 1. The summed E-state index contributed by atoms with van der Waals surface area (Å²) in [6.45, 7) is 3.96. The molecule has 3 aromatic rings. The monoisotopic (exact) mass is 465 g/mol. The molecule has 178 valence electrons. The summed E-state index contributed by atoms with van der Waals surface area (Å²) in [7, 11) is 0. The average molecular weight is 466 g/mol. The van der Waals surface area contributed by atoms with Gasteiger partial charge in [0.05, 0.1) is 11.4 Å². The van der Waals surface area contributed by atoms with Crippen LogP contribution in [0.5, 0.6) is 11.5 Å². The maximum absolute atomic E-state index is 14.8. The molecule has 1 saturated heterocycles. The summed E-state index contributed by atoms with van der Waals surface area (Å²) in [6, 6.07) is 5.55. The Morgan fingerprint density at radius 2 is 1.91 bits per heavy atom. The number of carbonyl (C=O) groups is 2. The minimum atomic E-state index is -0.779. The van der Waals surface area contributed by atoms with E-state index in [-0.39, 0.29) is 29.9 Å². The van der Waals surface area contributed by atoms with E-state index in [0.717, 1.165) is 23.8 Å². The zero-order chi connectivity index (χ0) is 23.8. The van der Waals surface area contributed by atoms with Crippen molar-refractivity contribution in [2.75, 3.05) is 26.2 Å². The number of carbonyl (C=O) groups excluding carboxylic acids is 2. The van der Waals surface area contributed by atoms with Crippen LogP contribution in [-0.4, -0.2) is 63.8 Å². The topological polar surface area (TPSA) is 105 Å². The maximum Gasteiger partial charge on any atom is 0.239 e. The van der Waals surface area contributed by atoms with Crippen LogP contribution in [0.2, 0.25) is 0 Å². The molecule has 2 amide bonds. The first-order valence-electron chi connectivity index (χ1n) is 11.6.